The molecule has 22 heavy (non-hydrogen) atoms. The number of rotatable bonds is 4. The quantitative estimate of drug-likeness (QED) is 0.754. The average molecular weight is 316 g/mol. The van der Waals surface area contributed by atoms with Gasteiger partial charge in [0.2, 0.25) is 0 Å². The van der Waals surface area contributed by atoms with Crippen LogP contribution in [0.15, 0.2) is 54.6 Å². The molecule has 2 heteroatoms. The van der Waals surface area contributed by atoms with Crippen molar-refractivity contribution in [2.75, 3.05) is 14.1 Å². The van der Waals surface area contributed by atoms with Crippen LogP contribution in [0.1, 0.15) is 31.7 Å². The monoisotopic (exact) mass is 315 g/mol. The molecule has 1 unspecified atom stereocenters. The van der Waals surface area contributed by atoms with E-state index in [-0.39, 0.29) is 12.4 Å². The maximum absolute atomic E-state index is 2.37. The van der Waals surface area contributed by atoms with Crippen molar-refractivity contribution >= 4 is 12.4 Å². The van der Waals surface area contributed by atoms with Gasteiger partial charge in [0.05, 0.1) is 0 Å². The molecule has 0 aromatic heterocycles. The van der Waals surface area contributed by atoms with Gasteiger partial charge in [0.15, 0.2) is 0 Å². The van der Waals surface area contributed by atoms with E-state index in [1.807, 2.05) is 0 Å². The van der Waals surface area contributed by atoms with Crippen molar-refractivity contribution in [3.8, 4) is 11.1 Å². The van der Waals surface area contributed by atoms with E-state index in [2.05, 4.69) is 80.5 Å². The molecule has 1 nitrogen and oxygen atoms in total. The smallest absolute Gasteiger partial charge is 0.0158 e. The van der Waals surface area contributed by atoms with Crippen molar-refractivity contribution < 1.29 is 0 Å². The third-order valence-corrected chi connectivity index (χ3v) is 5.39. The van der Waals surface area contributed by atoms with Crippen LogP contribution in [0.3, 0.4) is 0 Å². The summed E-state index contributed by atoms with van der Waals surface area (Å²) < 4.78 is 0. The fourth-order valence-corrected chi connectivity index (χ4v) is 3.62. The summed E-state index contributed by atoms with van der Waals surface area (Å²) in [6.45, 7) is 2.37. The van der Waals surface area contributed by atoms with Gasteiger partial charge >= 0.3 is 0 Å². The SMILES string of the molecule is CC(N(C)C)C1(c2ccc(-c3ccccc3)cc2)CCC1.Cl. The molecule has 1 fully saturated rings. The van der Waals surface area contributed by atoms with Crippen LogP contribution in [0.4, 0.5) is 0 Å². The van der Waals surface area contributed by atoms with Crippen LogP contribution in [-0.2, 0) is 5.41 Å². The molecular formula is C20H26ClN. The third kappa shape index (κ3) is 2.93. The molecule has 118 valence electrons. The number of hydrogen-bond acceptors (Lipinski definition) is 1. The highest BCUT2D eigenvalue weighted by atomic mass is 35.5. The zero-order chi connectivity index (χ0) is 14.9. The van der Waals surface area contributed by atoms with Gasteiger partial charge in [-0.25, -0.2) is 0 Å². The van der Waals surface area contributed by atoms with Gasteiger partial charge in [-0.1, -0.05) is 61.0 Å². The largest absolute Gasteiger partial charge is 0.306 e. The van der Waals surface area contributed by atoms with E-state index in [9.17, 15) is 0 Å². The van der Waals surface area contributed by atoms with Crippen LogP contribution in [-0.4, -0.2) is 25.0 Å². The maximum Gasteiger partial charge on any atom is 0.0158 e. The Morgan fingerprint density at radius 3 is 1.86 bits per heavy atom. The summed E-state index contributed by atoms with van der Waals surface area (Å²) in [6.07, 6.45) is 3.99. The summed E-state index contributed by atoms with van der Waals surface area (Å²) in [5.74, 6) is 0. The van der Waals surface area contributed by atoms with Crippen LogP contribution < -0.4 is 0 Å². The first-order valence-corrected chi connectivity index (χ1v) is 7.96. The zero-order valence-electron chi connectivity index (χ0n) is 13.8. The molecule has 0 heterocycles. The molecule has 1 saturated carbocycles. The molecule has 2 aromatic carbocycles. The number of benzene rings is 2. The summed E-state index contributed by atoms with van der Waals surface area (Å²) in [5.41, 5.74) is 4.48. The number of likely N-dealkylation sites (N-methyl/N-ethyl adjacent to an activating group) is 1. The molecule has 0 bridgehead atoms. The van der Waals surface area contributed by atoms with Gasteiger partial charge in [0.1, 0.15) is 0 Å². The van der Waals surface area contributed by atoms with E-state index in [1.54, 1.807) is 0 Å². The van der Waals surface area contributed by atoms with Gasteiger partial charge in [0, 0.05) is 11.5 Å². The van der Waals surface area contributed by atoms with Crippen molar-refractivity contribution in [2.24, 2.45) is 0 Å². The van der Waals surface area contributed by atoms with Crippen molar-refractivity contribution in [1.82, 2.24) is 4.90 Å². The lowest BCUT2D eigenvalue weighted by molar-refractivity contribution is 0.109. The number of halogens is 1. The summed E-state index contributed by atoms with van der Waals surface area (Å²) in [7, 11) is 4.39. The molecule has 1 aliphatic rings. The lowest BCUT2D eigenvalue weighted by Crippen LogP contribution is -2.50. The Labute approximate surface area is 140 Å². The molecule has 0 aliphatic heterocycles. The first-order valence-electron chi connectivity index (χ1n) is 7.96. The van der Waals surface area contributed by atoms with Crippen LogP contribution >= 0.6 is 12.4 Å². The third-order valence-electron chi connectivity index (χ3n) is 5.39. The van der Waals surface area contributed by atoms with Gasteiger partial charge < -0.3 is 4.90 Å². The Bertz CT molecular complexity index is 585. The molecular weight excluding hydrogens is 290 g/mol. The Balaban J connectivity index is 0.00000176. The lowest BCUT2D eigenvalue weighted by Gasteiger charge is -2.49. The van der Waals surface area contributed by atoms with Crippen LogP contribution in [0.2, 0.25) is 0 Å². The van der Waals surface area contributed by atoms with E-state index in [1.165, 1.54) is 36.0 Å². The first kappa shape index (κ1) is 17.1. The Morgan fingerprint density at radius 2 is 1.41 bits per heavy atom. The lowest BCUT2D eigenvalue weighted by atomic mass is 9.60. The maximum atomic E-state index is 2.37. The minimum atomic E-state index is 0. The average Bonchev–Trinajstić information content (AvgIpc) is 2.47. The molecule has 0 N–H and O–H groups in total. The van der Waals surface area contributed by atoms with Gasteiger partial charge in [-0.15, -0.1) is 12.4 Å². The highest BCUT2D eigenvalue weighted by molar-refractivity contribution is 5.85. The highest BCUT2D eigenvalue weighted by Gasteiger charge is 2.44. The number of nitrogens with zero attached hydrogens (tertiary/aromatic N) is 1. The van der Waals surface area contributed by atoms with Crippen LogP contribution in [0.5, 0.6) is 0 Å². The Morgan fingerprint density at radius 1 is 0.864 bits per heavy atom. The second kappa shape index (κ2) is 6.85. The minimum absolute atomic E-state index is 0. The molecule has 2 aromatic rings. The summed E-state index contributed by atoms with van der Waals surface area (Å²) in [6, 6.07) is 20.5. The van der Waals surface area contributed by atoms with E-state index >= 15 is 0 Å². The van der Waals surface area contributed by atoms with Gasteiger partial charge in [-0.3, -0.25) is 0 Å². The van der Waals surface area contributed by atoms with Gasteiger partial charge in [-0.05, 0) is 50.6 Å². The molecule has 3 rings (SSSR count). The van der Waals surface area contributed by atoms with E-state index in [0.29, 0.717) is 11.5 Å². The van der Waals surface area contributed by atoms with E-state index in [4.69, 9.17) is 0 Å². The fourth-order valence-electron chi connectivity index (χ4n) is 3.62. The first-order chi connectivity index (χ1) is 10.1. The van der Waals surface area contributed by atoms with E-state index in [0.717, 1.165) is 0 Å². The Hall–Kier alpha value is -1.31. The van der Waals surface area contributed by atoms with Crippen molar-refractivity contribution in [2.45, 2.75) is 37.6 Å². The van der Waals surface area contributed by atoms with Crippen LogP contribution in [0, 0.1) is 0 Å². The van der Waals surface area contributed by atoms with Crippen molar-refractivity contribution in [3.63, 3.8) is 0 Å². The predicted molar refractivity (Wildman–Crippen MR) is 97.8 cm³/mol. The standard InChI is InChI=1S/C20H25N.ClH/c1-16(21(2)3)20(14-7-15-20)19-12-10-18(11-13-19)17-8-5-4-6-9-17;/h4-6,8-13,16H,7,14-15H2,1-3H3;1H. The topological polar surface area (TPSA) is 3.24 Å². The van der Waals surface area contributed by atoms with E-state index < -0.39 is 0 Å². The zero-order valence-corrected chi connectivity index (χ0v) is 14.6. The summed E-state index contributed by atoms with van der Waals surface area (Å²) in [5, 5.41) is 0. The minimum Gasteiger partial charge on any atom is -0.306 e. The summed E-state index contributed by atoms with van der Waals surface area (Å²) >= 11 is 0. The molecule has 1 aliphatic carbocycles. The fraction of sp³-hybridized carbons (Fsp3) is 0.400. The molecule has 0 saturated heterocycles. The highest BCUT2D eigenvalue weighted by Crippen LogP contribution is 2.47. The van der Waals surface area contributed by atoms with Crippen molar-refractivity contribution in [3.05, 3.63) is 60.2 Å². The number of hydrogen-bond donors (Lipinski definition) is 0. The second-order valence-electron chi connectivity index (χ2n) is 6.59. The predicted octanol–water partition coefficient (Wildman–Crippen LogP) is 5.15. The molecule has 0 radical (unpaired) electrons. The van der Waals surface area contributed by atoms with Crippen LogP contribution in [0.25, 0.3) is 11.1 Å². The Kier molecular flexibility index (Phi) is 5.31. The molecule has 0 amide bonds. The normalized spacial score (nSPS) is 17.5. The molecule has 1 atom stereocenters. The molecule has 0 spiro atoms. The van der Waals surface area contributed by atoms with Gasteiger partial charge in [-0.2, -0.15) is 0 Å². The summed E-state index contributed by atoms with van der Waals surface area (Å²) in [4.78, 5) is 2.37. The second-order valence-corrected chi connectivity index (χ2v) is 6.59. The van der Waals surface area contributed by atoms with Crippen molar-refractivity contribution in [1.29, 1.82) is 0 Å². The van der Waals surface area contributed by atoms with Gasteiger partial charge in [0.25, 0.3) is 0 Å².